The van der Waals surface area contributed by atoms with Crippen LogP contribution in [0.15, 0.2) is 30.3 Å². The number of carbonyl (C=O) groups excluding carboxylic acids is 1. The van der Waals surface area contributed by atoms with Gasteiger partial charge in [-0.05, 0) is 30.0 Å². The van der Waals surface area contributed by atoms with Crippen LogP contribution in [-0.2, 0) is 12.8 Å². The number of hydrogen-bond acceptors (Lipinski definition) is 3. The zero-order valence-electron chi connectivity index (χ0n) is 10.4. The van der Waals surface area contributed by atoms with Crippen LogP contribution in [0.3, 0.4) is 0 Å². The number of nitrogens with one attached hydrogen (secondary N) is 1. The number of hydrogen-bond donors (Lipinski definition) is 1. The number of rotatable bonds is 2. The number of nitrogens with zero attached hydrogens (tertiary/aromatic N) is 2. The van der Waals surface area contributed by atoms with Gasteiger partial charge in [0.2, 0.25) is 0 Å². The molecule has 1 aliphatic carbocycles. The second kappa shape index (κ2) is 5.38. The van der Waals surface area contributed by atoms with Crippen molar-refractivity contribution in [3.8, 4) is 0 Å². The van der Waals surface area contributed by atoms with E-state index in [0.717, 1.165) is 12.8 Å². The second-order valence-electron chi connectivity index (χ2n) is 4.72. The van der Waals surface area contributed by atoms with E-state index in [4.69, 9.17) is 23.2 Å². The van der Waals surface area contributed by atoms with Crippen LogP contribution in [0.25, 0.3) is 0 Å². The van der Waals surface area contributed by atoms with Gasteiger partial charge in [0.05, 0.1) is 5.56 Å². The van der Waals surface area contributed by atoms with Gasteiger partial charge in [0, 0.05) is 6.04 Å². The zero-order valence-corrected chi connectivity index (χ0v) is 11.9. The van der Waals surface area contributed by atoms with Crippen molar-refractivity contribution < 1.29 is 4.79 Å². The first-order valence-electron chi connectivity index (χ1n) is 6.20. The van der Waals surface area contributed by atoms with Gasteiger partial charge in [-0.25, -0.2) is 0 Å². The van der Waals surface area contributed by atoms with E-state index in [9.17, 15) is 4.79 Å². The summed E-state index contributed by atoms with van der Waals surface area (Å²) < 4.78 is 0. The molecule has 0 atom stereocenters. The molecule has 0 saturated carbocycles. The van der Waals surface area contributed by atoms with Crippen molar-refractivity contribution in [2.75, 3.05) is 0 Å². The third-order valence-electron chi connectivity index (χ3n) is 3.35. The number of benzene rings is 1. The Kier molecular flexibility index (Phi) is 3.59. The lowest BCUT2D eigenvalue weighted by Crippen LogP contribution is -2.35. The molecule has 0 saturated heterocycles. The molecule has 0 unspecified atom stereocenters. The highest BCUT2D eigenvalue weighted by atomic mass is 35.5. The Hall–Kier alpha value is -1.65. The van der Waals surface area contributed by atoms with E-state index in [1.165, 1.54) is 17.2 Å². The van der Waals surface area contributed by atoms with Crippen LogP contribution in [0.1, 0.15) is 21.5 Å². The van der Waals surface area contributed by atoms with E-state index in [-0.39, 0.29) is 27.8 Å². The molecular weight excluding hydrogens is 297 g/mol. The van der Waals surface area contributed by atoms with Crippen LogP contribution in [0, 0.1) is 0 Å². The van der Waals surface area contributed by atoms with Gasteiger partial charge in [0.1, 0.15) is 0 Å². The summed E-state index contributed by atoms with van der Waals surface area (Å²) in [6, 6.07) is 9.68. The molecule has 2 aromatic rings. The predicted octanol–water partition coefficient (Wildman–Crippen LogP) is 2.68. The molecule has 0 radical (unpaired) electrons. The van der Waals surface area contributed by atoms with E-state index in [2.05, 4.69) is 27.6 Å². The summed E-state index contributed by atoms with van der Waals surface area (Å²) in [4.78, 5) is 12.2. The molecule has 3 rings (SSSR count). The number of fused-ring (bicyclic) bond motifs is 1. The minimum Gasteiger partial charge on any atom is -0.349 e. The van der Waals surface area contributed by atoms with Crippen molar-refractivity contribution in [3.05, 3.63) is 57.3 Å². The number of carbonyl (C=O) groups is 1. The first-order valence-corrected chi connectivity index (χ1v) is 6.95. The number of halogens is 2. The lowest BCUT2D eigenvalue weighted by atomic mass is 10.1. The van der Waals surface area contributed by atoms with Gasteiger partial charge in [-0.2, -0.15) is 0 Å². The maximum atomic E-state index is 12.2. The second-order valence-corrected chi connectivity index (χ2v) is 5.46. The first kappa shape index (κ1) is 13.3. The Bertz CT molecular complexity index is 650. The summed E-state index contributed by atoms with van der Waals surface area (Å²) >= 11 is 11.6. The van der Waals surface area contributed by atoms with Crippen molar-refractivity contribution >= 4 is 29.1 Å². The maximum absolute atomic E-state index is 12.2. The summed E-state index contributed by atoms with van der Waals surface area (Å²) in [5.41, 5.74) is 2.80. The average molecular weight is 308 g/mol. The zero-order chi connectivity index (χ0) is 14.1. The fourth-order valence-electron chi connectivity index (χ4n) is 2.44. The largest absolute Gasteiger partial charge is 0.349 e. The van der Waals surface area contributed by atoms with Gasteiger partial charge in [-0.1, -0.05) is 47.5 Å². The van der Waals surface area contributed by atoms with E-state index in [1.807, 2.05) is 12.1 Å². The van der Waals surface area contributed by atoms with Gasteiger partial charge >= 0.3 is 0 Å². The summed E-state index contributed by atoms with van der Waals surface area (Å²) in [6.45, 7) is 0. The molecule has 1 aliphatic rings. The molecule has 4 nitrogen and oxygen atoms in total. The number of aromatic nitrogens is 2. The molecule has 1 aromatic carbocycles. The molecule has 1 aromatic heterocycles. The summed E-state index contributed by atoms with van der Waals surface area (Å²) in [5.74, 6) is -0.274. The van der Waals surface area contributed by atoms with Gasteiger partial charge < -0.3 is 5.32 Å². The smallest absolute Gasteiger partial charge is 0.254 e. The van der Waals surface area contributed by atoms with Crippen molar-refractivity contribution in [1.82, 2.24) is 15.5 Å². The van der Waals surface area contributed by atoms with Gasteiger partial charge in [0.15, 0.2) is 10.3 Å². The molecule has 1 heterocycles. The van der Waals surface area contributed by atoms with Crippen LogP contribution < -0.4 is 5.32 Å². The summed E-state index contributed by atoms with van der Waals surface area (Å²) in [5, 5.41) is 10.4. The highest BCUT2D eigenvalue weighted by Gasteiger charge is 2.24. The molecule has 1 N–H and O–H groups in total. The Balaban J connectivity index is 1.74. The van der Waals surface area contributed by atoms with Crippen LogP contribution in [-0.4, -0.2) is 22.1 Å². The van der Waals surface area contributed by atoms with E-state index in [1.54, 1.807) is 0 Å². The number of amides is 1. The molecular formula is C14H11Cl2N3O. The quantitative estimate of drug-likeness (QED) is 0.928. The summed E-state index contributed by atoms with van der Waals surface area (Å²) in [6.07, 6.45) is 1.65. The topological polar surface area (TPSA) is 54.9 Å². The lowest BCUT2D eigenvalue weighted by molar-refractivity contribution is 0.0938. The van der Waals surface area contributed by atoms with Crippen LogP contribution in [0.2, 0.25) is 10.3 Å². The van der Waals surface area contributed by atoms with Crippen LogP contribution in [0.5, 0.6) is 0 Å². The Morgan fingerprint density at radius 2 is 1.80 bits per heavy atom. The predicted molar refractivity (Wildman–Crippen MR) is 77.2 cm³/mol. The molecule has 0 fully saturated rings. The molecule has 6 heteroatoms. The van der Waals surface area contributed by atoms with Gasteiger partial charge in [-0.15, -0.1) is 10.2 Å². The molecule has 0 aliphatic heterocycles. The van der Waals surface area contributed by atoms with Crippen molar-refractivity contribution in [2.24, 2.45) is 0 Å². The molecule has 102 valence electrons. The van der Waals surface area contributed by atoms with Gasteiger partial charge in [0.25, 0.3) is 5.91 Å². The van der Waals surface area contributed by atoms with Crippen molar-refractivity contribution in [3.63, 3.8) is 0 Å². The van der Waals surface area contributed by atoms with Crippen LogP contribution in [0.4, 0.5) is 0 Å². The molecule has 1 amide bonds. The van der Waals surface area contributed by atoms with Crippen molar-refractivity contribution in [1.29, 1.82) is 0 Å². The van der Waals surface area contributed by atoms with E-state index < -0.39 is 0 Å². The minimum atomic E-state index is -0.274. The van der Waals surface area contributed by atoms with Crippen molar-refractivity contribution in [2.45, 2.75) is 18.9 Å². The Morgan fingerprint density at radius 1 is 1.15 bits per heavy atom. The third-order valence-corrected chi connectivity index (χ3v) is 3.81. The van der Waals surface area contributed by atoms with E-state index in [0.29, 0.717) is 0 Å². The van der Waals surface area contributed by atoms with Crippen LogP contribution >= 0.6 is 23.2 Å². The standard InChI is InChI=1S/C14H11Cl2N3O/c15-12-7-11(13(16)19-18-12)14(20)17-10-5-8-3-1-2-4-9(8)6-10/h1-4,7,10H,5-6H2,(H,17,20). The SMILES string of the molecule is O=C(NC1Cc2ccccc2C1)c1cc(Cl)nnc1Cl. The fourth-order valence-corrected chi connectivity index (χ4v) is 2.76. The normalized spacial score (nSPS) is 14.1. The van der Waals surface area contributed by atoms with Gasteiger partial charge in [-0.3, -0.25) is 4.79 Å². The Labute approximate surface area is 126 Å². The minimum absolute atomic E-state index is 0.0578. The average Bonchev–Trinajstić information content (AvgIpc) is 2.83. The highest BCUT2D eigenvalue weighted by molar-refractivity contribution is 6.34. The molecule has 0 spiro atoms. The lowest BCUT2D eigenvalue weighted by Gasteiger charge is -2.12. The summed E-state index contributed by atoms with van der Waals surface area (Å²) in [7, 11) is 0. The van der Waals surface area contributed by atoms with E-state index >= 15 is 0 Å². The maximum Gasteiger partial charge on any atom is 0.254 e. The molecule has 20 heavy (non-hydrogen) atoms. The third kappa shape index (κ3) is 2.62. The Morgan fingerprint density at radius 3 is 2.45 bits per heavy atom. The first-order chi connectivity index (χ1) is 9.63. The highest BCUT2D eigenvalue weighted by Crippen LogP contribution is 2.22. The molecule has 0 bridgehead atoms. The monoisotopic (exact) mass is 307 g/mol. The fraction of sp³-hybridized carbons (Fsp3) is 0.214.